The van der Waals surface area contributed by atoms with Crippen LogP contribution in [0.1, 0.15) is 5.69 Å². The largest absolute Gasteiger partial charge is 0.327 e. The third-order valence-corrected chi connectivity index (χ3v) is 2.32. The normalized spacial score (nSPS) is 15.4. The van der Waals surface area contributed by atoms with Gasteiger partial charge in [-0.05, 0) is 0 Å². The minimum absolute atomic E-state index is 0.272. The van der Waals surface area contributed by atoms with Gasteiger partial charge in [0.15, 0.2) is 0 Å². The quantitative estimate of drug-likeness (QED) is 0.617. The minimum atomic E-state index is -0.302. The molecule has 0 fully saturated rings. The van der Waals surface area contributed by atoms with Crippen molar-refractivity contribution in [3.63, 3.8) is 0 Å². The first-order valence-corrected chi connectivity index (χ1v) is 4.05. The lowest BCUT2D eigenvalue weighted by atomic mass is 10.2. The Bertz CT molecular complexity index is 482. The molecular formula is C8H10N4O2. The zero-order valence-corrected chi connectivity index (χ0v) is 7.92. The number of rotatable bonds is 0. The first-order chi connectivity index (χ1) is 6.52. The van der Waals surface area contributed by atoms with Crippen LogP contribution in [0.25, 0.3) is 5.70 Å². The molecule has 2 N–H and O–H groups in total. The molecule has 0 saturated heterocycles. The average Bonchev–Trinajstić information content (AvgIpc) is 2.39. The molecule has 1 aromatic heterocycles. The second kappa shape index (κ2) is 2.50. The molecule has 1 aliphatic rings. The van der Waals surface area contributed by atoms with E-state index in [2.05, 4.69) is 16.9 Å². The summed E-state index contributed by atoms with van der Waals surface area (Å²) in [5, 5.41) is 2.55. The van der Waals surface area contributed by atoms with E-state index in [0.717, 1.165) is 0 Å². The van der Waals surface area contributed by atoms with E-state index in [4.69, 9.17) is 0 Å². The number of H-pyrrole nitrogens is 1. The number of carbonyl (C=O) groups excluding carboxylic acids is 1. The summed E-state index contributed by atoms with van der Waals surface area (Å²) < 4.78 is 1.41. The molecule has 1 aromatic rings. The molecule has 74 valence electrons. The Kier molecular flexibility index (Phi) is 1.54. The van der Waals surface area contributed by atoms with Gasteiger partial charge in [-0.15, -0.1) is 0 Å². The number of carbonyl (C=O) groups is 1. The van der Waals surface area contributed by atoms with E-state index in [0.29, 0.717) is 17.2 Å². The number of imidazole rings is 1. The summed E-state index contributed by atoms with van der Waals surface area (Å²) in [7, 11) is 3.21. The first kappa shape index (κ1) is 8.61. The number of fused-ring (bicyclic) bond motifs is 1. The van der Waals surface area contributed by atoms with Gasteiger partial charge < -0.3 is 0 Å². The number of hydrogen-bond acceptors (Lipinski definition) is 2. The molecule has 2 heterocycles. The fourth-order valence-electron chi connectivity index (χ4n) is 1.42. The fourth-order valence-corrected chi connectivity index (χ4v) is 1.42. The van der Waals surface area contributed by atoms with Crippen LogP contribution >= 0.6 is 0 Å². The predicted octanol–water partition coefficient (Wildman–Crippen LogP) is 0.161. The van der Waals surface area contributed by atoms with E-state index in [1.165, 1.54) is 9.47 Å². The van der Waals surface area contributed by atoms with Crippen molar-refractivity contribution >= 4 is 17.5 Å². The van der Waals surface area contributed by atoms with Gasteiger partial charge >= 0.3 is 11.7 Å². The van der Waals surface area contributed by atoms with Crippen molar-refractivity contribution < 1.29 is 4.79 Å². The lowest BCUT2D eigenvalue weighted by Crippen LogP contribution is -2.34. The number of aromatic nitrogens is 2. The molecule has 0 atom stereocenters. The molecule has 14 heavy (non-hydrogen) atoms. The molecule has 2 amide bonds. The summed E-state index contributed by atoms with van der Waals surface area (Å²) in [5.41, 5.74) is 0.841. The van der Waals surface area contributed by atoms with Crippen LogP contribution in [0.15, 0.2) is 11.4 Å². The summed E-state index contributed by atoms with van der Waals surface area (Å²) in [5.74, 6) is 0.408. The molecule has 6 nitrogen and oxygen atoms in total. The van der Waals surface area contributed by atoms with Gasteiger partial charge in [-0.1, -0.05) is 6.58 Å². The first-order valence-electron chi connectivity index (χ1n) is 4.05. The zero-order chi connectivity index (χ0) is 10.5. The fraction of sp³-hybridized carbons (Fsp3) is 0.250. The van der Waals surface area contributed by atoms with E-state index in [-0.39, 0.29) is 11.7 Å². The smallest absolute Gasteiger partial charge is 0.296 e. The van der Waals surface area contributed by atoms with Crippen molar-refractivity contribution in [3.8, 4) is 0 Å². The van der Waals surface area contributed by atoms with Gasteiger partial charge in [0, 0.05) is 14.1 Å². The van der Waals surface area contributed by atoms with Crippen molar-refractivity contribution in [2.75, 3.05) is 12.4 Å². The van der Waals surface area contributed by atoms with Crippen LogP contribution in [0, 0.1) is 0 Å². The maximum absolute atomic E-state index is 11.3. The molecule has 0 aromatic carbocycles. The molecule has 2 rings (SSSR count). The van der Waals surface area contributed by atoms with Gasteiger partial charge in [0.1, 0.15) is 11.5 Å². The van der Waals surface area contributed by atoms with Gasteiger partial charge in [0.2, 0.25) is 0 Å². The molecule has 6 heteroatoms. The summed E-state index contributed by atoms with van der Waals surface area (Å²) in [6, 6.07) is -0.302. The van der Waals surface area contributed by atoms with Gasteiger partial charge in [0.25, 0.3) is 0 Å². The Morgan fingerprint density at radius 2 is 1.93 bits per heavy atom. The van der Waals surface area contributed by atoms with E-state index in [1.807, 2.05) is 0 Å². The van der Waals surface area contributed by atoms with Crippen LogP contribution in [0.3, 0.4) is 0 Å². The molecule has 0 radical (unpaired) electrons. The highest BCUT2D eigenvalue weighted by Crippen LogP contribution is 2.26. The van der Waals surface area contributed by atoms with E-state index in [9.17, 15) is 9.59 Å². The van der Waals surface area contributed by atoms with Crippen molar-refractivity contribution in [1.29, 1.82) is 0 Å². The average molecular weight is 194 g/mol. The molecule has 0 saturated carbocycles. The highest BCUT2D eigenvalue weighted by Gasteiger charge is 2.27. The molecule has 0 unspecified atom stereocenters. The SMILES string of the molecule is C=C1c2c([nH]c(=O)n2C)NC(=O)N1C. The second-order valence-electron chi connectivity index (χ2n) is 3.15. The Morgan fingerprint density at radius 3 is 2.57 bits per heavy atom. The second-order valence-corrected chi connectivity index (χ2v) is 3.15. The minimum Gasteiger partial charge on any atom is -0.296 e. The van der Waals surface area contributed by atoms with Crippen LogP contribution in [0.2, 0.25) is 0 Å². The number of amides is 2. The number of hydrogen-bond donors (Lipinski definition) is 2. The molecule has 1 aliphatic heterocycles. The summed E-state index contributed by atoms with van der Waals surface area (Å²) in [6.07, 6.45) is 0. The van der Waals surface area contributed by atoms with Gasteiger partial charge in [-0.3, -0.25) is 19.8 Å². The zero-order valence-electron chi connectivity index (χ0n) is 7.92. The van der Waals surface area contributed by atoms with Crippen molar-refractivity contribution in [1.82, 2.24) is 14.5 Å². The molecule has 0 bridgehead atoms. The topological polar surface area (TPSA) is 70.1 Å². The Morgan fingerprint density at radius 1 is 1.29 bits per heavy atom. The lowest BCUT2D eigenvalue weighted by Gasteiger charge is -2.25. The van der Waals surface area contributed by atoms with E-state index < -0.39 is 0 Å². The number of aromatic amines is 1. The van der Waals surface area contributed by atoms with Crippen molar-refractivity contribution in [3.05, 3.63) is 22.8 Å². The Hall–Kier alpha value is -1.98. The van der Waals surface area contributed by atoms with Crippen LogP contribution in [-0.4, -0.2) is 27.5 Å². The lowest BCUT2D eigenvalue weighted by molar-refractivity contribution is 0.236. The van der Waals surface area contributed by atoms with Crippen molar-refractivity contribution in [2.24, 2.45) is 7.05 Å². The number of nitrogens with zero attached hydrogens (tertiary/aromatic N) is 2. The Balaban J connectivity index is 2.69. The third-order valence-electron chi connectivity index (χ3n) is 2.32. The standard InChI is InChI=1S/C8H10N4O2/c1-4-5-6(9-7(13)11(4)2)10-8(14)12(5)3/h1H2,2-3H3,(H,9,13)(H,10,14). The van der Waals surface area contributed by atoms with Crippen molar-refractivity contribution in [2.45, 2.75) is 0 Å². The Labute approximate surface area is 79.8 Å². The highest BCUT2D eigenvalue weighted by molar-refractivity contribution is 6.00. The van der Waals surface area contributed by atoms with Crippen LogP contribution in [0.5, 0.6) is 0 Å². The van der Waals surface area contributed by atoms with E-state index in [1.54, 1.807) is 14.1 Å². The summed E-state index contributed by atoms with van der Waals surface area (Å²) >= 11 is 0. The maximum Gasteiger partial charge on any atom is 0.327 e. The predicted molar refractivity (Wildman–Crippen MR) is 51.8 cm³/mol. The summed E-state index contributed by atoms with van der Waals surface area (Å²) in [6.45, 7) is 3.75. The summed E-state index contributed by atoms with van der Waals surface area (Å²) in [4.78, 5) is 26.5. The van der Waals surface area contributed by atoms with E-state index >= 15 is 0 Å². The highest BCUT2D eigenvalue weighted by atomic mass is 16.2. The van der Waals surface area contributed by atoms with Gasteiger partial charge in [0.05, 0.1) is 5.70 Å². The van der Waals surface area contributed by atoms with Crippen LogP contribution in [-0.2, 0) is 7.05 Å². The maximum atomic E-state index is 11.3. The molecule has 0 spiro atoms. The number of anilines is 1. The van der Waals surface area contributed by atoms with Crippen LogP contribution < -0.4 is 11.0 Å². The van der Waals surface area contributed by atoms with Gasteiger partial charge in [-0.2, -0.15) is 0 Å². The number of urea groups is 1. The number of nitrogens with one attached hydrogen (secondary N) is 2. The molecular weight excluding hydrogens is 184 g/mol. The van der Waals surface area contributed by atoms with Gasteiger partial charge in [-0.25, -0.2) is 9.59 Å². The van der Waals surface area contributed by atoms with Crippen LogP contribution in [0.4, 0.5) is 10.6 Å². The monoisotopic (exact) mass is 194 g/mol. The third kappa shape index (κ3) is 0.905. The molecule has 0 aliphatic carbocycles.